The summed E-state index contributed by atoms with van der Waals surface area (Å²) in [7, 11) is -2.28. The van der Waals surface area contributed by atoms with Crippen molar-refractivity contribution < 1.29 is 27.1 Å². The maximum absolute atomic E-state index is 14.0. The summed E-state index contributed by atoms with van der Waals surface area (Å²) in [6, 6.07) is 1.48. The van der Waals surface area contributed by atoms with E-state index in [1.165, 1.54) is 27.0 Å². The Balaban J connectivity index is 2.71. The van der Waals surface area contributed by atoms with Gasteiger partial charge in [-0.2, -0.15) is 4.31 Å². The van der Waals surface area contributed by atoms with Gasteiger partial charge in [-0.25, -0.2) is 12.8 Å². The molecule has 0 bridgehead atoms. The lowest BCUT2D eigenvalue weighted by molar-refractivity contribution is -0.165. The van der Waals surface area contributed by atoms with Crippen molar-refractivity contribution >= 4 is 27.6 Å². The fraction of sp³-hybridized carbons (Fsp3) is 0.562. The molecule has 0 aliphatic carbocycles. The van der Waals surface area contributed by atoms with E-state index in [2.05, 4.69) is 0 Å². The molecule has 2 rings (SSSR count). The Morgan fingerprint density at radius 3 is 2.56 bits per heavy atom. The molecule has 1 aromatic rings. The molecule has 140 valence electrons. The molecule has 1 aliphatic heterocycles. The van der Waals surface area contributed by atoms with Crippen molar-refractivity contribution in [3.05, 3.63) is 28.5 Å². The number of carbonyl (C=O) groups excluding carboxylic acids is 1. The lowest BCUT2D eigenvalue weighted by Gasteiger charge is -2.46. The van der Waals surface area contributed by atoms with E-state index in [1.807, 2.05) is 0 Å². The summed E-state index contributed by atoms with van der Waals surface area (Å²) in [5.74, 6) is -1.20. The molecule has 0 amide bonds. The average molecular weight is 394 g/mol. The molecule has 0 N–H and O–H groups in total. The summed E-state index contributed by atoms with van der Waals surface area (Å²) < 4.78 is 51.2. The van der Waals surface area contributed by atoms with Gasteiger partial charge in [-0.3, -0.25) is 4.79 Å². The van der Waals surface area contributed by atoms with Gasteiger partial charge in [-0.15, -0.1) is 0 Å². The number of halogens is 2. The van der Waals surface area contributed by atoms with Crippen LogP contribution in [0.2, 0.25) is 5.02 Å². The van der Waals surface area contributed by atoms with E-state index >= 15 is 0 Å². The summed E-state index contributed by atoms with van der Waals surface area (Å²) in [5, 5.41) is -0.139. The van der Waals surface area contributed by atoms with Crippen LogP contribution < -0.4 is 4.74 Å². The predicted octanol–water partition coefficient (Wildman–Crippen LogP) is 2.90. The van der Waals surface area contributed by atoms with E-state index in [4.69, 9.17) is 21.1 Å². The lowest BCUT2D eigenvalue weighted by atomic mass is 9.86. The van der Waals surface area contributed by atoms with Crippen molar-refractivity contribution in [2.45, 2.75) is 45.4 Å². The third-order valence-corrected chi connectivity index (χ3v) is 6.33. The number of ether oxygens (including phenoxy) is 2. The standard InChI is InChI=1S/C16H21ClFNO5S/c1-6-25(21,22)19(5)14-10-7-12(18)11(17)8-13(10)24-16(3,4)15(14)23-9(2)20/h7-8,14-15H,6H2,1-5H3. The second-order valence-electron chi connectivity index (χ2n) is 6.40. The molecule has 0 saturated carbocycles. The Kier molecular flexibility index (Phi) is 5.37. The molecule has 6 nitrogen and oxygen atoms in total. The first-order valence-corrected chi connectivity index (χ1v) is 9.70. The van der Waals surface area contributed by atoms with Crippen LogP contribution in [0.1, 0.15) is 39.3 Å². The van der Waals surface area contributed by atoms with Crippen LogP contribution in [0.4, 0.5) is 4.39 Å². The van der Waals surface area contributed by atoms with Crippen molar-refractivity contribution in [2.24, 2.45) is 0 Å². The second kappa shape index (κ2) is 6.74. The van der Waals surface area contributed by atoms with Crippen LogP contribution in [0.3, 0.4) is 0 Å². The Morgan fingerprint density at radius 2 is 2.04 bits per heavy atom. The highest BCUT2D eigenvalue weighted by Crippen LogP contribution is 2.46. The zero-order valence-electron chi connectivity index (χ0n) is 14.7. The van der Waals surface area contributed by atoms with E-state index in [0.717, 1.165) is 10.4 Å². The van der Waals surface area contributed by atoms with Crippen molar-refractivity contribution in [3.8, 4) is 5.75 Å². The summed E-state index contributed by atoms with van der Waals surface area (Å²) in [5.41, 5.74) is -0.797. The molecule has 0 saturated heterocycles. The van der Waals surface area contributed by atoms with Crippen LogP contribution >= 0.6 is 11.6 Å². The van der Waals surface area contributed by atoms with Crippen LogP contribution in [-0.4, -0.2) is 43.2 Å². The number of fused-ring (bicyclic) bond motifs is 1. The number of hydrogen-bond donors (Lipinski definition) is 0. The van der Waals surface area contributed by atoms with Gasteiger partial charge in [0.1, 0.15) is 17.2 Å². The topological polar surface area (TPSA) is 72.9 Å². The van der Waals surface area contributed by atoms with E-state index in [-0.39, 0.29) is 22.1 Å². The van der Waals surface area contributed by atoms with Crippen molar-refractivity contribution in [2.75, 3.05) is 12.8 Å². The maximum atomic E-state index is 14.0. The number of esters is 1. The molecule has 0 fully saturated rings. The zero-order chi connectivity index (χ0) is 19.2. The highest BCUT2D eigenvalue weighted by Gasteiger charge is 2.50. The van der Waals surface area contributed by atoms with Crippen LogP contribution in [-0.2, 0) is 19.6 Å². The number of rotatable bonds is 4. The van der Waals surface area contributed by atoms with Crippen LogP contribution in [0.25, 0.3) is 0 Å². The Hall–Kier alpha value is -1.38. The number of hydrogen-bond acceptors (Lipinski definition) is 5. The predicted molar refractivity (Wildman–Crippen MR) is 91.6 cm³/mol. The molecular weight excluding hydrogens is 373 g/mol. The third kappa shape index (κ3) is 3.75. The van der Waals surface area contributed by atoms with E-state index < -0.39 is 39.6 Å². The minimum atomic E-state index is -3.65. The van der Waals surface area contributed by atoms with Crippen molar-refractivity contribution in [1.82, 2.24) is 4.31 Å². The highest BCUT2D eigenvalue weighted by atomic mass is 35.5. The molecule has 2 atom stereocenters. The van der Waals surface area contributed by atoms with Gasteiger partial charge in [0.15, 0.2) is 6.10 Å². The number of sulfonamides is 1. The Morgan fingerprint density at radius 1 is 1.44 bits per heavy atom. The van der Waals surface area contributed by atoms with Gasteiger partial charge in [-0.1, -0.05) is 11.6 Å². The normalized spacial score (nSPS) is 22.2. The molecule has 1 heterocycles. The Bertz CT molecular complexity index is 796. The number of carbonyl (C=O) groups is 1. The second-order valence-corrected chi connectivity index (χ2v) is 9.13. The highest BCUT2D eigenvalue weighted by molar-refractivity contribution is 7.89. The monoisotopic (exact) mass is 393 g/mol. The molecule has 9 heteroatoms. The molecule has 1 aliphatic rings. The molecule has 0 spiro atoms. The summed E-state index contributed by atoms with van der Waals surface area (Å²) in [6.07, 6.45) is -0.968. The molecule has 0 radical (unpaired) electrons. The summed E-state index contributed by atoms with van der Waals surface area (Å²) >= 11 is 5.83. The summed E-state index contributed by atoms with van der Waals surface area (Å²) in [4.78, 5) is 11.6. The van der Waals surface area contributed by atoms with E-state index in [0.29, 0.717) is 0 Å². The zero-order valence-corrected chi connectivity index (χ0v) is 16.2. The van der Waals surface area contributed by atoms with E-state index in [1.54, 1.807) is 13.8 Å². The first kappa shape index (κ1) is 19.9. The average Bonchev–Trinajstić information content (AvgIpc) is 2.49. The van der Waals surface area contributed by atoms with Crippen LogP contribution in [0, 0.1) is 5.82 Å². The molecule has 2 unspecified atom stereocenters. The fourth-order valence-corrected chi connectivity index (χ4v) is 4.03. The minimum absolute atomic E-state index is 0.139. The minimum Gasteiger partial charge on any atom is -0.483 e. The van der Waals surface area contributed by atoms with Crippen LogP contribution in [0.15, 0.2) is 12.1 Å². The molecular formula is C16H21ClFNO5S. The first-order chi connectivity index (χ1) is 11.4. The third-order valence-electron chi connectivity index (χ3n) is 4.20. The smallest absolute Gasteiger partial charge is 0.303 e. The van der Waals surface area contributed by atoms with Crippen LogP contribution in [0.5, 0.6) is 5.75 Å². The van der Waals surface area contributed by atoms with Crippen molar-refractivity contribution in [3.63, 3.8) is 0 Å². The molecule has 1 aromatic carbocycles. The summed E-state index contributed by atoms with van der Waals surface area (Å²) in [6.45, 7) is 6.06. The molecule has 25 heavy (non-hydrogen) atoms. The number of benzene rings is 1. The van der Waals surface area contributed by atoms with Gasteiger partial charge in [0.25, 0.3) is 0 Å². The molecule has 0 aromatic heterocycles. The van der Waals surface area contributed by atoms with E-state index in [9.17, 15) is 17.6 Å². The van der Waals surface area contributed by atoms with Crippen molar-refractivity contribution in [1.29, 1.82) is 0 Å². The van der Waals surface area contributed by atoms with Gasteiger partial charge < -0.3 is 9.47 Å². The largest absolute Gasteiger partial charge is 0.483 e. The maximum Gasteiger partial charge on any atom is 0.303 e. The fourth-order valence-electron chi connectivity index (χ4n) is 2.90. The van der Waals surface area contributed by atoms with Gasteiger partial charge in [0.05, 0.1) is 16.8 Å². The first-order valence-electron chi connectivity index (χ1n) is 7.71. The van der Waals surface area contributed by atoms with Gasteiger partial charge in [-0.05, 0) is 26.8 Å². The quantitative estimate of drug-likeness (QED) is 0.735. The number of nitrogens with zero attached hydrogens (tertiary/aromatic N) is 1. The number of likely N-dealkylation sites (N-methyl/N-ethyl adjacent to an activating group) is 1. The van der Waals surface area contributed by atoms with Gasteiger partial charge in [0, 0.05) is 25.6 Å². The SMILES string of the molecule is CCS(=O)(=O)N(C)C1c2cc(F)c(Cl)cc2OC(C)(C)C1OC(C)=O. The lowest BCUT2D eigenvalue weighted by Crippen LogP contribution is -2.55. The van der Waals surface area contributed by atoms with Gasteiger partial charge >= 0.3 is 5.97 Å². The van der Waals surface area contributed by atoms with Gasteiger partial charge in [0.2, 0.25) is 10.0 Å². The Labute approximate surface area is 151 Å².